The predicted molar refractivity (Wildman–Crippen MR) is 74.2 cm³/mol. The Bertz CT molecular complexity index is 613. The van der Waals surface area contributed by atoms with Gasteiger partial charge in [-0.1, -0.05) is 5.16 Å². The molecule has 112 valence electrons. The van der Waals surface area contributed by atoms with Crippen molar-refractivity contribution < 1.29 is 14.1 Å². The normalized spacial score (nSPS) is 18.0. The Balaban J connectivity index is 1.61. The number of aromatic nitrogens is 3. The first-order chi connectivity index (χ1) is 10.3. The van der Waals surface area contributed by atoms with E-state index < -0.39 is 0 Å². The number of amides is 1. The molecule has 7 heteroatoms. The highest BCUT2D eigenvalue weighted by Crippen LogP contribution is 2.17. The van der Waals surface area contributed by atoms with Crippen molar-refractivity contribution in [2.75, 3.05) is 13.2 Å². The number of carbonyl (C=O) groups excluding carboxylic acids is 1. The summed E-state index contributed by atoms with van der Waals surface area (Å²) >= 11 is 0. The third kappa shape index (κ3) is 2.97. The Labute approximate surface area is 122 Å². The van der Waals surface area contributed by atoms with Gasteiger partial charge in [0.05, 0.1) is 24.8 Å². The summed E-state index contributed by atoms with van der Waals surface area (Å²) in [5, 5.41) is 6.77. The molecule has 1 fully saturated rings. The highest BCUT2D eigenvalue weighted by atomic mass is 16.5. The number of hydrogen-bond acceptors (Lipinski definition) is 5. The molecule has 1 N–H and O–H groups in total. The highest BCUT2D eigenvalue weighted by molar-refractivity contribution is 5.78. The van der Waals surface area contributed by atoms with E-state index in [-0.39, 0.29) is 18.4 Å². The zero-order valence-corrected chi connectivity index (χ0v) is 11.9. The number of aryl methyl sites for hydroxylation is 1. The van der Waals surface area contributed by atoms with Gasteiger partial charge in [0.1, 0.15) is 0 Å². The van der Waals surface area contributed by atoms with Crippen molar-refractivity contribution in [3.8, 4) is 11.5 Å². The first-order valence-corrected chi connectivity index (χ1v) is 7.11. The van der Waals surface area contributed by atoms with Crippen molar-refractivity contribution in [2.45, 2.75) is 26.4 Å². The van der Waals surface area contributed by atoms with Gasteiger partial charge in [0, 0.05) is 19.3 Å². The molecule has 0 unspecified atom stereocenters. The van der Waals surface area contributed by atoms with Crippen LogP contribution in [0.5, 0.6) is 0 Å². The topological polar surface area (TPSA) is 82.2 Å². The van der Waals surface area contributed by atoms with E-state index in [0.29, 0.717) is 24.9 Å². The van der Waals surface area contributed by atoms with E-state index in [1.807, 2.05) is 29.8 Å². The summed E-state index contributed by atoms with van der Waals surface area (Å²) in [6.45, 7) is 4.27. The summed E-state index contributed by atoms with van der Waals surface area (Å²) in [5.41, 5.74) is 0.906. The minimum Gasteiger partial charge on any atom is -0.381 e. The lowest BCUT2D eigenvalue weighted by molar-refractivity contribution is -0.125. The predicted octanol–water partition coefficient (Wildman–Crippen LogP) is 1.21. The molecule has 1 aliphatic rings. The summed E-state index contributed by atoms with van der Waals surface area (Å²) < 4.78 is 12.4. The minimum atomic E-state index is -0.0651. The molecular formula is C14H18N4O3. The molecular weight excluding hydrogens is 272 g/mol. The molecule has 3 heterocycles. The van der Waals surface area contributed by atoms with E-state index >= 15 is 0 Å². The lowest BCUT2D eigenvalue weighted by Gasteiger charge is -2.06. The van der Waals surface area contributed by atoms with Crippen LogP contribution < -0.4 is 5.32 Å². The molecule has 1 aliphatic heterocycles. The van der Waals surface area contributed by atoms with Crippen LogP contribution in [0, 0.1) is 5.92 Å². The number of carbonyl (C=O) groups is 1. The molecule has 7 nitrogen and oxygen atoms in total. The average Bonchev–Trinajstić information content (AvgIpc) is 3.24. The van der Waals surface area contributed by atoms with Crippen molar-refractivity contribution >= 4 is 5.91 Å². The number of rotatable bonds is 5. The summed E-state index contributed by atoms with van der Waals surface area (Å²) in [7, 11) is 0. The quantitative estimate of drug-likeness (QED) is 0.895. The number of nitrogens with zero attached hydrogens (tertiary/aromatic N) is 3. The van der Waals surface area contributed by atoms with Gasteiger partial charge < -0.3 is 19.1 Å². The van der Waals surface area contributed by atoms with Crippen LogP contribution in [0.3, 0.4) is 0 Å². The monoisotopic (exact) mass is 290 g/mol. The van der Waals surface area contributed by atoms with E-state index in [1.165, 1.54) is 0 Å². The van der Waals surface area contributed by atoms with Crippen molar-refractivity contribution in [3.63, 3.8) is 0 Å². The third-order valence-electron chi connectivity index (χ3n) is 3.58. The van der Waals surface area contributed by atoms with Crippen molar-refractivity contribution in [1.82, 2.24) is 20.0 Å². The first-order valence-electron chi connectivity index (χ1n) is 7.11. The van der Waals surface area contributed by atoms with Gasteiger partial charge in [-0.2, -0.15) is 4.98 Å². The van der Waals surface area contributed by atoms with Gasteiger partial charge in [0.2, 0.25) is 17.6 Å². The van der Waals surface area contributed by atoms with Gasteiger partial charge >= 0.3 is 0 Å². The average molecular weight is 290 g/mol. The van der Waals surface area contributed by atoms with E-state index in [1.54, 1.807) is 0 Å². The minimum absolute atomic E-state index is 0.0239. The molecule has 2 aromatic rings. The van der Waals surface area contributed by atoms with Gasteiger partial charge in [-0.05, 0) is 25.5 Å². The highest BCUT2D eigenvalue weighted by Gasteiger charge is 2.23. The third-order valence-corrected chi connectivity index (χ3v) is 3.58. The van der Waals surface area contributed by atoms with E-state index in [2.05, 4.69) is 15.5 Å². The zero-order chi connectivity index (χ0) is 14.7. The Kier molecular flexibility index (Phi) is 4.01. The molecule has 0 bridgehead atoms. The second kappa shape index (κ2) is 6.09. The fourth-order valence-corrected chi connectivity index (χ4v) is 2.37. The molecule has 0 radical (unpaired) electrons. The number of ether oxygens (including phenoxy) is 1. The second-order valence-electron chi connectivity index (χ2n) is 4.97. The largest absolute Gasteiger partial charge is 0.381 e. The van der Waals surface area contributed by atoms with E-state index in [4.69, 9.17) is 9.26 Å². The van der Waals surface area contributed by atoms with Crippen LogP contribution in [0.2, 0.25) is 0 Å². The maximum atomic E-state index is 11.9. The number of nitrogens with one attached hydrogen (secondary N) is 1. The molecule has 0 aliphatic carbocycles. The molecule has 0 saturated carbocycles. The van der Waals surface area contributed by atoms with Gasteiger partial charge in [-0.25, -0.2) is 0 Å². The molecule has 0 spiro atoms. The molecule has 3 rings (SSSR count). The molecule has 21 heavy (non-hydrogen) atoms. The van der Waals surface area contributed by atoms with Crippen molar-refractivity contribution in [2.24, 2.45) is 5.92 Å². The Morgan fingerprint density at radius 3 is 3.24 bits per heavy atom. The second-order valence-corrected chi connectivity index (χ2v) is 4.97. The van der Waals surface area contributed by atoms with Gasteiger partial charge in [0.15, 0.2) is 0 Å². The van der Waals surface area contributed by atoms with Gasteiger partial charge in [0.25, 0.3) is 0 Å². The molecule has 2 aromatic heterocycles. The van der Waals surface area contributed by atoms with Crippen molar-refractivity contribution in [1.29, 1.82) is 0 Å². The molecule has 1 saturated heterocycles. The fourth-order valence-electron chi connectivity index (χ4n) is 2.37. The van der Waals surface area contributed by atoms with Crippen LogP contribution in [-0.4, -0.2) is 33.8 Å². The SMILES string of the molecule is CCn1cccc1-c1noc(CNC(=O)[C@H]2CCOC2)n1. The number of hydrogen-bond donors (Lipinski definition) is 1. The van der Waals surface area contributed by atoms with E-state index in [9.17, 15) is 4.79 Å². The Hall–Kier alpha value is -2.15. The summed E-state index contributed by atoms with van der Waals surface area (Å²) in [6, 6.07) is 3.88. The smallest absolute Gasteiger partial charge is 0.246 e. The van der Waals surface area contributed by atoms with E-state index in [0.717, 1.165) is 18.7 Å². The maximum absolute atomic E-state index is 11.9. The van der Waals surface area contributed by atoms with Gasteiger partial charge in [-0.15, -0.1) is 0 Å². The molecule has 1 atom stereocenters. The van der Waals surface area contributed by atoms with Crippen LogP contribution in [-0.2, 0) is 22.6 Å². The summed E-state index contributed by atoms with van der Waals surface area (Å²) in [5.74, 6) is 0.852. The summed E-state index contributed by atoms with van der Waals surface area (Å²) in [6.07, 6.45) is 2.73. The van der Waals surface area contributed by atoms with Crippen LogP contribution in [0.1, 0.15) is 19.2 Å². The molecule has 1 amide bonds. The Morgan fingerprint density at radius 2 is 2.48 bits per heavy atom. The lowest BCUT2D eigenvalue weighted by Crippen LogP contribution is -2.30. The van der Waals surface area contributed by atoms with Crippen LogP contribution in [0.15, 0.2) is 22.9 Å². The van der Waals surface area contributed by atoms with Crippen molar-refractivity contribution in [3.05, 3.63) is 24.2 Å². The first kappa shape index (κ1) is 13.8. The van der Waals surface area contributed by atoms with Crippen LogP contribution in [0.4, 0.5) is 0 Å². The summed E-state index contributed by atoms with van der Waals surface area (Å²) in [4.78, 5) is 16.2. The van der Waals surface area contributed by atoms with Gasteiger partial charge in [-0.3, -0.25) is 4.79 Å². The van der Waals surface area contributed by atoms with Crippen LogP contribution >= 0.6 is 0 Å². The fraction of sp³-hybridized carbons (Fsp3) is 0.500. The van der Waals surface area contributed by atoms with Crippen LogP contribution in [0.25, 0.3) is 11.5 Å². The Morgan fingerprint density at radius 1 is 1.57 bits per heavy atom. The zero-order valence-electron chi connectivity index (χ0n) is 11.9. The molecule has 0 aromatic carbocycles. The maximum Gasteiger partial charge on any atom is 0.246 e. The lowest BCUT2D eigenvalue weighted by atomic mass is 10.1. The standard InChI is InChI=1S/C14H18N4O3/c1-2-18-6-3-4-11(18)13-16-12(21-17-13)8-15-14(19)10-5-7-20-9-10/h3-4,6,10H,2,5,7-9H2,1H3,(H,15,19)/t10-/m0/s1.